The number of piperazine rings is 1. The van der Waals surface area contributed by atoms with Crippen LogP contribution in [0.1, 0.15) is 21.7 Å². The van der Waals surface area contributed by atoms with Crippen molar-refractivity contribution >= 4 is 23.3 Å². The standard InChI is InChI=1S/C26H29N9O3/c1-32-21-11-19(12-33-9-10-35-23(14-33)27-16-29-35)7-8-22(21)38-15-20(26(32)37)30-25(36)24-28-17-34(31-24)13-18-5-3-2-4-6-18/h2-8,11,17,20,29H,9-10,12-16H2,1H3,(H,30,36)/t20-/m0/s1. The lowest BCUT2D eigenvalue weighted by Gasteiger charge is -2.33. The van der Waals surface area contributed by atoms with Crippen molar-refractivity contribution in [1.29, 1.82) is 0 Å². The van der Waals surface area contributed by atoms with E-state index in [0.717, 1.165) is 43.1 Å². The first-order valence-electron chi connectivity index (χ1n) is 12.6. The van der Waals surface area contributed by atoms with Crippen molar-refractivity contribution in [2.75, 3.05) is 44.9 Å². The number of carbonyl (C=O) groups excluding carboxylic acids is 2. The number of ether oxygens (including phenoxy) is 1. The fraction of sp³-hybridized carbons (Fsp3) is 0.346. The van der Waals surface area contributed by atoms with Gasteiger partial charge in [-0.05, 0) is 23.3 Å². The summed E-state index contributed by atoms with van der Waals surface area (Å²) in [5, 5.41) is 9.12. The molecule has 0 radical (unpaired) electrons. The third-order valence-electron chi connectivity index (χ3n) is 6.90. The molecular formula is C26H29N9O3. The Morgan fingerprint density at radius 2 is 2.00 bits per heavy atom. The number of nitrogens with zero attached hydrogens (tertiary/aromatic N) is 7. The minimum absolute atomic E-state index is 0.00240. The molecular weight excluding hydrogens is 486 g/mol. The molecule has 6 rings (SSSR count). The largest absolute Gasteiger partial charge is 0.489 e. The lowest BCUT2D eigenvalue weighted by molar-refractivity contribution is -0.120. The molecule has 0 spiro atoms. The van der Waals surface area contributed by atoms with Gasteiger partial charge in [-0.1, -0.05) is 36.4 Å². The molecule has 0 bridgehead atoms. The predicted molar refractivity (Wildman–Crippen MR) is 140 cm³/mol. The van der Waals surface area contributed by atoms with Crippen molar-refractivity contribution in [2.45, 2.75) is 19.1 Å². The van der Waals surface area contributed by atoms with Gasteiger partial charge < -0.3 is 15.0 Å². The van der Waals surface area contributed by atoms with Crippen molar-refractivity contribution < 1.29 is 14.3 Å². The van der Waals surface area contributed by atoms with Gasteiger partial charge in [-0.25, -0.2) is 15.1 Å². The number of carbonyl (C=O) groups is 2. The summed E-state index contributed by atoms with van der Waals surface area (Å²) in [6.07, 6.45) is 1.51. The number of benzene rings is 2. The molecule has 2 amide bonds. The maximum absolute atomic E-state index is 13.3. The van der Waals surface area contributed by atoms with E-state index >= 15 is 0 Å². The monoisotopic (exact) mass is 515 g/mol. The van der Waals surface area contributed by atoms with Gasteiger partial charge in [0.2, 0.25) is 5.82 Å². The first kappa shape index (κ1) is 24.1. The van der Waals surface area contributed by atoms with Crippen molar-refractivity contribution in [3.8, 4) is 5.75 Å². The fourth-order valence-electron chi connectivity index (χ4n) is 4.86. The highest BCUT2D eigenvalue weighted by Gasteiger charge is 2.32. The van der Waals surface area contributed by atoms with Gasteiger partial charge in [0.15, 0.2) is 0 Å². The third-order valence-corrected chi connectivity index (χ3v) is 6.90. The summed E-state index contributed by atoms with van der Waals surface area (Å²) >= 11 is 0. The molecule has 38 heavy (non-hydrogen) atoms. The second-order valence-electron chi connectivity index (χ2n) is 9.54. The molecule has 2 N–H and O–H groups in total. The number of amidine groups is 1. The lowest BCUT2D eigenvalue weighted by Crippen LogP contribution is -2.51. The quantitative estimate of drug-likeness (QED) is 0.486. The van der Waals surface area contributed by atoms with Gasteiger partial charge >= 0.3 is 0 Å². The molecule has 4 heterocycles. The third kappa shape index (κ3) is 4.95. The molecule has 0 saturated carbocycles. The van der Waals surface area contributed by atoms with Gasteiger partial charge in [0.1, 0.15) is 37.2 Å². The summed E-state index contributed by atoms with van der Waals surface area (Å²) in [5.74, 6) is 0.864. The second kappa shape index (κ2) is 10.2. The number of hydrogen-bond donors (Lipinski definition) is 2. The van der Waals surface area contributed by atoms with Gasteiger partial charge in [0.05, 0.1) is 18.8 Å². The molecule has 12 heteroatoms. The number of amides is 2. The Kier molecular flexibility index (Phi) is 6.48. The van der Waals surface area contributed by atoms with Crippen LogP contribution in [0.15, 0.2) is 59.9 Å². The van der Waals surface area contributed by atoms with E-state index in [4.69, 9.17) is 4.74 Å². The number of aromatic nitrogens is 3. The summed E-state index contributed by atoms with van der Waals surface area (Å²) in [6, 6.07) is 14.8. The van der Waals surface area contributed by atoms with Crippen LogP contribution < -0.4 is 20.4 Å². The second-order valence-corrected chi connectivity index (χ2v) is 9.54. The molecule has 2 aromatic carbocycles. The number of likely N-dealkylation sites (N-methyl/N-ethyl adjacent to an activating group) is 1. The molecule has 3 aliphatic heterocycles. The molecule has 0 aliphatic carbocycles. The highest BCUT2D eigenvalue weighted by atomic mass is 16.5. The maximum atomic E-state index is 13.3. The molecule has 1 atom stereocenters. The first-order valence-corrected chi connectivity index (χ1v) is 12.6. The minimum atomic E-state index is -0.870. The van der Waals surface area contributed by atoms with Gasteiger partial charge in [0, 0.05) is 26.7 Å². The number of nitrogens with one attached hydrogen (secondary N) is 2. The van der Waals surface area contributed by atoms with Crippen molar-refractivity contribution in [3.63, 3.8) is 0 Å². The van der Waals surface area contributed by atoms with Crippen molar-refractivity contribution in [3.05, 3.63) is 71.8 Å². The summed E-state index contributed by atoms with van der Waals surface area (Å²) in [5.41, 5.74) is 6.03. The van der Waals surface area contributed by atoms with Crippen LogP contribution in [-0.2, 0) is 17.9 Å². The van der Waals surface area contributed by atoms with E-state index in [0.29, 0.717) is 24.7 Å². The normalized spacial score (nSPS) is 19.3. The molecule has 0 unspecified atom stereocenters. The number of fused-ring (bicyclic) bond motifs is 2. The first-order chi connectivity index (χ1) is 18.5. The molecule has 12 nitrogen and oxygen atoms in total. The number of rotatable bonds is 6. The Morgan fingerprint density at radius 1 is 1.13 bits per heavy atom. The molecule has 1 aromatic heterocycles. The predicted octanol–water partition coefficient (Wildman–Crippen LogP) is 0.472. The summed E-state index contributed by atoms with van der Waals surface area (Å²) in [4.78, 5) is 38.7. The van der Waals surface area contributed by atoms with Crippen molar-refractivity contribution in [2.24, 2.45) is 4.99 Å². The highest BCUT2D eigenvalue weighted by Crippen LogP contribution is 2.32. The summed E-state index contributed by atoms with van der Waals surface area (Å²) in [7, 11) is 1.70. The molecule has 3 aliphatic rings. The Bertz CT molecular complexity index is 1370. The molecule has 1 fully saturated rings. The van der Waals surface area contributed by atoms with E-state index in [1.165, 1.54) is 6.33 Å². The van der Waals surface area contributed by atoms with Gasteiger partial charge in [0.25, 0.3) is 11.8 Å². The average Bonchev–Trinajstić information content (AvgIpc) is 3.58. The smallest absolute Gasteiger partial charge is 0.291 e. The molecule has 196 valence electrons. The number of aliphatic imine (C=N–C) groups is 1. The summed E-state index contributed by atoms with van der Waals surface area (Å²) in [6.45, 7) is 4.45. The fourth-order valence-corrected chi connectivity index (χ4v) is 4.86. The van der Waals surface area contributed by atoms with Gasteiger partial charge in [-0.3, -0.25) is 24.5 Å². The lowest BCUT2D eigenvalue weighted by atomic mass is 10.1. The van der Waals surface area contributed by atoms with Crippen molar-refractivity contribution in [1.82, 2.24) is 35.4 Å². The van der Waals surface area contributed by atoms with Crippen LogP contribution in [0.5, 0.6) is 5.75 Å². The van der Waals surface area contributed by atoms with Crippen LogP contribution in [0.25, 0.3) is 0 Å². The van der Waals surface area contributed by atoms with Crippen LogP contribution in [0, 0.1) is 0 Å². The van der Waals surface area contributed by atoms with Crippen LogP contribution in [0.2, 0.25) is 0 Å². The van der Waals surface area contributed by atoms with E-state index < -0.39 is 11.9 Å². The highest BCUT2D eigenvalue weighted by molar-refractivity contribution is 6.02. The Balaban J connectivity index is 1.10. The van der Waals surface area contributed by atoms with Gasteiger partial charge in [-0.2, -0.15) is 0 Å². The van der Waals surface area contributed by atoms with E-state index in [1.807, 2.05) is 48.5 Å². The van der Waals surface area contributed by atoms with E-state index in [1.54, 1.807) is 16.6 Å². The van der Waals surface area contributed by atoms with Crippen LogP contribution >= 0.6 is 0 Å². The number of hydrogen-bond acceptors (Lipinski definition) is 9. The van der Waals surface area contributed by atoms with E-state index in [9.17, 15) is 9.59 Å². The van der Waals surface area contributed by atoms with Crippen LogP contribution in [0.3, 0.4) is 0 Å². The molecule has 3 aromatic rings. The Morgan fingerprint density at radius 3 is 2.87 bits per heavy atom. The Labute approximate surface area is 219 Å². The minimum Gasteiger partial charge on any atom is -0.489 e. The maximum Gasteiger partial charge on any atom is 0.291 e. The zero-order chi connectivity index (χ0) is 26.1. The van der Waals surface area contributed by atoms with E-state index in [-0.39, 0.29) is 18.3 Å². The molecule has 1 saturated heterocycles. The number of hydrazine groups is 1. The van der Waals surface area contributed by atoms with Crippen LogP contribution in [0.4, 0.5) is 5.69 Å². The summed E-state index contributed by atoms with van der Waals surface area (Å²) < 4.78 is 7.55. The number of anilines is 1. The topological polar surface area (TPSA) is 120 Å². The van der Waals surface area contributed by atoms with Gasteiger partial charge in [-0.15, -0.1) is 5.10 Å². The zero-order valence-electron chi connectivity index (χ0n) is 21.1. The van der Waals surface area contributed by atoms with Crippen LogP contribution in [-0.4, -0.2) is 88.3 Å². The zero-order valence-corrected chi connectivity index (χ0v) is 21.1. The van der Waals surface area contributed by atoms with E-state index in [2.05, 4.69) is 35.7 Å². The Hall–Kier alpha value is -4.29. The SMILES string of the molecule is CN1C(=O)[C@@H](NC(=O)c2ncn(Cc3ccccc3)n2)COc2ccc(CN3CCN4NCN=C4C3)cc21. The average molecular weight is 516 g/mol.